The minimum absolute atomic E-state index is 0.116. The van der Waals surface area contributed by atoms with Crippen LogP contribution in [0.3, 0.4) is 0 Å². The number of aromatic nitrogens is 6. The van der Waals surface area contributed by atoms with Gasteiger partial charge in [0.05, 0.1) is 30.4 Å². The molecule has 0 spiro atoms. The van der Waals surface area contributed by atoms with Crippen molar-refractivity contribution in [3.05, 3.63) is 54.9 Å². The van der Waals surface area contributed by atoms with E-state index in [2.05, 4.69) is 35.8 Å². The molecule has 6 N–H and O–H groups in total. The number of hydrogen-bond acceptors (Lipinski definition) is 12. The largest absolute Gasteiger partial charge is 0.416 e. The summed E-state index contributed by atoms with van der Waals surface area (Å²) in [6.45, 7) is 1.08. The number of carbonyl (C=O) groups is 1. The standard InChI is InChI=1S/C26H25N9O5/c1-13(37)29-16-8-7-15(25-34-33-24(40-25)14-5-3-2-4-6-14)9-17(16)30-26-31-22(27)21-23(32-26)35(12-28-21)20-10-18(38)19(11-36)39-20/h2-9,12,18-20,36,38H,10-11H2,1H3,(H,29,37)(H3,27,30,31,32)/t18-,19-,20-/m1/s1. The van der Waals surface area contributed by atoms with E-state index in [-0.39, 0.29) is 36.6 Å². The first-order valence-corrected chi connectivity index (χ1v) is 12.4. The summed E-state index contributed by atoms with van der Waals surface area (Å²) in [5.41, 5.74) is 9.21. The van der Waals surface area contributed by atoms with E-state index in [4.69, 9.17) is 14.9 Å². The van der Waals surface area contributed by atoms with Crippen LogP contribution in [0.2, 0.25) is 0 Å². The van der Waals surface area contributed by atoms with Gasteiger partial charge in [0, 0.05) is 24.5 Å². The summed E-state index contributed by atoms with van der Waals surface area (Å²) in [7, 11) is 0. The fraction of sp³-hybridized carbons (Fsp3) is 0.231. The molecule has 204 valence electrons. The highest BCUT2D eigenvalue weighted by Gasteiger charge is 2.35. The molecule has 14 nitrogen and oxygen atoms in total. The van der Waals surface area contributed by atoms with Crippen molar-refractivity contribution in [3.8, 4) is 22.9 Å². The van der Waals surface area contributed by atoms with Crippen molar-refractivity contribution < 1.29 is 24.2 Å². The minimum atomic E-state index is -0.834. The van der Waals surface area contributed by atoms with Crippen LogP contribution >= 0.6 is 0 Å². The fourth-order valence-corrected chi connectivity index (χ4v) is 4.49. The van der Waals surface area contributed by atoms with Crippen molar-refractivity contribution in [3.63, 3.8) is 0 Å². The zero-order valence-electron chi connectivity index (χ0n) is 21.2. The maximum absolute atomic E-state index is 11.9. The molecule has 3 aromatic heterocycles. The SMILES string of the molecule is CC(=O)Nc1ccc(-c2nnc(-c3ccccc3)o2)cc1Nc1nc(N)c2ncn([C@H]3C[C@@H](O)[C@@H](CO)O3)c2n1. The van der Waals surface area contributed by atoms with Gasteiger partial charge in [0.25, 0.3) is 0 Å². The highest BCUT2D eigenvalue weighted by Crippen LogP contribution is 2.34. The lowest BCUT2D eigenvalue weighted by Crippen LogP contribution is -2.24. The van der Waals surface area contributed by atoms with Crippen LogP contribution in [0.5, 0.6) is 0 Å². The maximum Gasteiger partial charge on any atom is 0.248 e. The number of nitrogens with one attached hydrogen (secondary N) is 2. The van der Waals surface area contributed by atoms with Crippen LogP contribution in [-0.4, -0.2) is 64.7 Å². The molecule has 1 saturated heterocycles. The van der Waals surface area contributed by atoms with Gasteiger partial charge in [0.1, 0.15) is 17.8 Å². The second kappa shape index (κ2) is 10.3. The number of nitrogen functional groups attached to an aromatic ring is 1. The maximum atomic E-state index is 11.9. The van der Waals surface area contributed by atoms with E-state index >= 15 is 0 Å². The Morgan fingerprint density at radius 2 is 1.88 bits per heavy atom. The zero-order chi connectivity index (χ0) is 27.8. The molecule has 1 aliphatic heterocycles. The van der Waals surface area contributed by atoms with Crippen molar-refractivity contribution in [2.75, 3.05) is 23.0 Å². The smallest absolute Gasteiger partial charge is 0.248 e. The average molecular weight is 544 g/mol. The molecule has 1 amide bonds. The third-order valence-corrected chi connectivity index (χ3v) is 6.41. The number of aliphatic hydroxyl groups excluding tert-OH is 2. The molecule has 3 atom stereocenters. The number of rotatable bonds is 7. The quantitative estimate of drug-likeness (QED) is 0.201. The average Bonchev–Trinajstić information content (AvgIpc) is 3.68. The van der Waals surface area contributed by atoms with Gasteiger partial charge in [-0.25, -0.2) is 4.98 Å². The van der Waals surface area contributed by atoms with E-state index in [0.29, 0.717) is 34.0 Å². The van der Waals surface area contributed by atoms with Gasteiger partial charge in [-0.3, -0.25) is 9.36 Å². The van der Waals surface area contributed by atoms with Crippen LogP contribution in [0.15, 0.2) is 59.3 Å². The molecule has 0 saturated carbocycles. The van der Waals surface area contributed by atoms with Crippen molar-refractivity contribution in [2.24, 2.45) is 0 Å². The van der Waals surface area contributed by atoms with Gasteiger partial charge in [-0.15, -0.1) is 10.2 Å². The Balaban J connectivity index is 1.35. The number of imidazole rings is 1. The summed E-state index contributed by atoms with van der Waals surface area (Å²) in [4.78, 5) is 25.1. The van der Waals surface area contributed by atoms with Crippen LogP contribution in [-0.2, 0) is 9.53 Å². The van der Waals surface area contributed by atoms with Gasteiger partial charge in [-0.2, -0.15) is 9.97 Å². The van der Waals surface area contributed by atoms with Gasteiger partial charge in [0.2, 0.25) is 23.6 Å². The van der Waals surface area contributed by atoms with Gasteiger partial charge >= 0.3 is 0 Å². The third kappa shape index (κ3) is 4.82. The highest BCUT2D eigenvalue weighted by atomic mass is 16.5. The Labute approximate surface area is 226 Å². The number of aliphatic hydroxyl groups is 2. The van der Waals surface area contributed by atoms with Crippen LogP contribution < -0.4 is 16.4 Å². The monoisotopic (exact) mass is 543 g/mol. The molecule has 0 radical (unpaired) electrons. The molecule has 4 heterocycles. The number of amides is 1. The minimum Gasteiger partial charge on any atom is -0.416 e. The molecule has 14 heteroatoms. The first-order valence-electron chi connectivity index (χ1n) is 12.4. The van der Waals surface area contributed by atoms with E-state index in [1.807, 2.05) is 30.3 Å². The summed E-state index contributed by atoms with van der Waals surface area (Å²) in [6, 6.07) is 14.5. The summed E-state index contributed by atoms with van der Waals surface area (Å²) in [6.07, 6.45) is -0.407. The molecular weight excluding hydrogens is 518 g/mol. The predicted octanol–water partition coefficient (Wildman–Crippen LogP) is 2.47. The Morgan fingerprint density at radius 1 is 1.10 bits per heavy atom. The van der Waals surface area contributed by atoms with Crippen molar-refractivity contribution >= 4 is 40.2 Å². The molecule has 0 unspecified atom stereocenters. The van der Waals surface area contributed by atoms with Crippen LogP contribution in [0.25, 0.3) is 34.1 Å². The Kier molecular flexibility index (Phi) is 6.55. The number of ether oxygens (including phenoxy) is 1. The number of hydrogen-bond donors (Lipinski definition) is 5. The van der Waals surface area contributed by atoms with E-state index < -0.39 is 18.4 Å². The molecule has 1 aliphatic rings. The molecular formula is C26H25N9O5. The topological polar surface area (TPSA) is 199 Å². The fourth-order valence-electron chi connectivity index (χ4n) is 4.49. The van der Waals surface area contributed by atoms with Gasteiger partial charge in [-0.05, 0) is 30.3 Å². The number of benzene rings is 2. The molecule has 40 heavy (non-hydrogen) atoms. The Morgan fingerprint density at radius 3 is 2.60 bits per heavy atom. The van der Waals surface area contributed by atoms with Crippen molar-refractivity contribution in [1.29, 1.82) is 0 Å². The summed E-state index contributed by atoms with van der Waals surface area (Å²) in [5, 5.41) is 33.9. The van der Waals surface area contributed by atoms with E-state index in [0.717, 1.165) is 5.56 Å². The van der Waals surface area contributed by atoms with E-state index in [1.54, 1.807) is 22.8 Å². The zero-order valence-corrected chi connectivity index (χ0v) is 21.2. The number of anilines is 4. The lowest BCUT2D eigenvalue weighted by atomic mass is 10.1. The lowest BCUT2D eigenvalue weighted by Gasteiger charge is -2.15. The van der Waals surface area contributed by atoms with E-state index in [9.17, 15) is 15.0 Å². The normalized spacial score (nSPS) is 18.7. The summed E-state index contributed by atoms with van der Waals surface area (Å²) in [5.74, 6) is 0.617. The number of nitrogens with zero attached hydrogens (tertiary/aromatic N) is 6. The van der Waals surface area contributed by atoms with E-state index in [1.165, 1.54) is 13.3 Å². The number of nitrogens with two attached hydrogens (primary N) is 1. The highest BCUT2D eigenvalue weighted by molar-refractivity contribution is 5.94. The predicted molar refractivity (Wildman–Crippen MR) is 144 cm³/mol. The molecule has 6 rings (SSSR count). The van der Waals surface area contributed by atoms with Gasteiger partial charge < -0.3 is 35.7 Å². The van der Waals surface area contributed by atoms with Crippen molar-refractivity contribution in [2.45, 2.75) is 31.8 Å². The molecule has 0 aliphatic carbocycles. The molecule has 5 aromatic rings. The summed E-state index contributed by atoms with van der Waals surface area (Å²) >= 11 is 0. The van der Waals surface area contributed by atoms with Gasteiger partial charge in [0.15, 0.2) is 11.5 Å². The number of carbonyl (C=O) groups excluding carboxylic acids is 1. The second-order valence-electron chi connectivity index (χ2n) is 9.22. The van der Waals surface area contributed by atoms with Crippen molar-refractivity contribution in [1.82, 2.24) is 29.7 Å². The Bertz CT molecular complexity index is 1690. The Hall–Kier alpha value is -4.92. The second-order valence-corrected chi connectivity index (χ2v) is 9.22. The lowest BCUT2D eigenvalue weighted by molar-refractivity contribution is -0.114. The van der Waals surface area contributed by atoms with Gasteiger partial charge in [-0.1, -0.05) is 18.2 Å². The molecule has 1 fully saturated rings. The molecule has 2 aromatic carbocycles. The first kappa shape index (κ1) is 25.4. The van der Waals surface area contributed by atoms with Crippen LogP contribution in [0, 0.1) is 0 Å². The van der Waals surface area contributed by atoms with Crippen LogP contribution in [0.1, 0.15) is 19.6 Å². The summed E-state index contributed by atoms with van der Waals surface area (Å²) < 4.78 is 13.3. The number of fused-ring (bicyclic) bond motifs is 1. The first-order chi connectivity index (χ1) is 19.4. The third-order valence-electron chi connectivity index (χ3n) is 6.41. The molecule has 0 bridgehead atoms. The van der Waals surface area contributed by atoms with Crippen LogP contribution in [0.4, 0.5) is 23.1 Å².